The molecular weight excluding hydrogens is 268 g/mol. The van der Waals surface area contributed by atoms with Crippen LogP contribution in [0.15, 0.2) is 18.2 Å². The van der Waals surface area contributed by atoms with Gasteiger partial charge >= 0.3 is 5.97 Å². The number of ether oxygens (including phenoxy) is 1. The number of carbonyl (C=O) groups is 2. The van der Waals surface area contributed by atoms with Crippen molar-refractivity contribution in [3.05, 3.63) is 35.4 Å². The van der Waals surface area contributed by atoms with Gasteiger partial charge in [0, 0.05) is 6.07 Å². The van der Waals surface area contributed by atoms with Crippen molar-refractivity contribution in [3.63, 3.8) is 0 Å². The second-order valence-electron chi connectivity index (χ2n) is 4.39. The Balaban J connectivity index is 2.67. The van der Waals surface area contributed by atoms with Crippen molar-refractivity contribution in [2.45, 2.75) is 32.2 Å². The molecular formula is C14H17F2NO3. The number of esters is 1. The first-order valence-electron chi connectivity index (χ1n) is 6.28. The molecule has 0 saturated carbocycles. The van der Waals surface area contributed by atoms with E-state index >= 15 is 0 Å². The quantitative estimate of drug-likeness (QED) is 0.813. The van der Waals surface area contributed by atoms with Crippen LogP contribution in [0.4, 0.5) is 8.78 Å². The molecule has 0 aromatic heterocycles. The van der Waals surface area contributed by atoms with Crippen LogP contribution in [0.1, 0.15) is 25.3 Å². The maximum atomic E-state index is 13.0. The van der Waals surface area contributed by atoms with Crippen molar-refractivity contribution < 1.29 is 23.1 Å². The monoisotopic (exact) mass is 285 g/mol. The average molecular weight is 285 g/mol. The van der Waals surface area contributed by atoms with E-state index < -0.39 is 29.6 Å². The second kappa shape index (κ2) is 7.57. The smallest absolute Gasteiger partial charge is 0.328 e. The number of carbonyl (C=O) groups excluding carboxylic acids is 2. The van der Waals surface area contributed by atoms with Crippen LogP contribution in [0.25, 0.3) is 0 Å². The van der Waals surface area contributed by atoms with Crippen molar-refractivity contribution >= 4 is 11.9 Å². The van der Waals surface area contributed by atoms with Gasteiger partial charge in [0.2, 0.25) is 5.91 Å². The summed E-state index contributed by atoms with van der Waals surface area (Å²) in [7, 11) is 1.24. The van der Waals surface area contributed by atoms with E-state index in [-0.39, 0.29) is 12.0 Å². The SMILES string of the molecule is CCCC(NC(=O)Cc1cc(F)cc(F)c1)C(=O)OC. The van der Waals surface area contributed by atoms with Crippen LogP contribution in [0.2, 0.25) is 0 Å². The fourth-order valence-electron chi connectivity index (χ4n) is 1.82. The molecule has 0 aliphatic rings. The number of amides is 1. The van der Waals surface area contributed by atoms with Gasteiger partial charge in [-0.3, -0.25) is 4.79 Å². The molecule has 1 amide bonds. The summed E-state index contributed by atoms with van der Waals surface area (Å²) in [4.78, 5) is 23.2. The van der Waals surface area contributed by atoms with Gasteiger partial charge in [-0.1, -0.05) is 13.3 Å². The minimum Gasteiger partial charge on any atom is -0.467 e. The maximum absolute atomic E-state index is 13.0. The van der Waals surface area contributed by atoms with E-state index in [1.807, 2.05) is 6.92 Å². The summed E-state index contributed by atoms with van der Waals surface area (Å²) in [5.41, 5.74) is 0.208. The molecule has 6 heteroatoms. The zero-order valence-electron chi connectivity index (χ0n) is 11.4. The Morgan fingerprint density at radius 1 is 1.25 bits per heavy atom. The predicted molar refractivity (Wildman–Crippen MR) is 68.9 cm³/mol. The third-order valence-electron chi connectivity index (χ3n) is 2.69. The molecule has 0 heterocycles. The van der Waals surface area contributed by atoms with Crippen LogP contribution in [0, 0.1) is 11.6 Å². The Hall–Kier alpha value is -1.98. The van der Waals surface area contributed by atoms with E-state index in [9.17, 15) is 18.4 Å². The Morgan fingerprint density at radius 2 is 1.85 bits per heavy atom. The van der Waals surface area contributed by atoms with E-state index in [4.69, 9.17) is 0 Å². The van der Waals surface area contributed by atoms with Crippen LogP contribution < -0.4 is 5.32 Å². The predicted octanol–water partition coefficient (Wildman–Crippen LogP) is 1.97. The lowest BCUT2D eigenvalue weighted by Gasteiger charge is -2.15. The number of nitrogens with one attached hydrogen (secondary N) is 1. The zero-order chi connectivity index (χ0) is 15.1. The topological polar surface area (TPSA) is 55.4 Å². The van der Waals surface area contributed by atoms with Crippen LogP contribution >= 0.6 is 0 Å². The fourth-order valence-corrected chi connectivity index (χ4v) is 1.82. The molecule has 1 aromatic rings. The Bertz CT molecular complexity index is 471. The van der Waals surface area contributed by atoms with Gasteiger partial charge in [-0.15, -0.1) is 0 Å². The number of hydrogen-bond donors (Lipinski definition) is 1. The van der Waals surface area contributed by atoms with Crippen molar-refractivity contribution in [1.29, 1.82) is 0 Å². The van der Waals surface area contributed by atoms with Crippen molar-refractivity contribution in [2.75, 3.05) is 7.11 Å². The standard InChI is InChI=1S/C14H17F2NO3/c1-3-4-12(14(19)20-2)17-13(18)7-9-5-10(15)8-11(16)6-9/h5-6,8,12H,3-4,7H2,1-2H3,(H,17,18). The van der Waals surface area contributed by atoms with Gasteiger partial charge in [0.15, 0.2) is 0 Å². The summed E-state index contributed by atoms with van der Waals surface area (Å²) < 4.78 is 30.6. The number of methoxy groups -OCH3 is 1. The van der Waals surface area contributed by atoms with Crippen molar-refractivity contribution in [1.82, 2.24) is 5.32 Å². The Morgan fingerprint density at radius 3 is 2.35 bits per heavy atom. The third-order valence-corrected chi connectivity index (χ3v) is 2.69. The number of halogens is 2. The van der Waals surface area contributed by atoms with Gasteiger partial charge in [0.05, 0.1) is 13.5 Å². The van der Waals surface area contributed by atoms with Crippen LogP contribution in [0.3, 0.4) is 0 Å². The summed E-state index contributed by atoms with van der Waals surface area (Å²) in [5.74, 6) is -2.51. The lowest BCUT2D eigenvalue weighted by atomic mass is 10.1. The Labute approximate surface area is 116 Å². The van der Waals surface area contributed by atoms with Gasteiger partial charge in [0.25, 0.3) is 0 Å². The third kappa shape index (κ3) is 4.95. The maximum Gasteiger partial charge on any atom is 0.328 e. The number of benzene rings is 1. The minimum absolute atomic E-state index is 0.202. The zero-order valence-corrected chi connectivity index (χ0v) is 11.4. The molecule has 4 nitrogen and oxygen atoms in total. The van der Waals surface area contributed by atoms with Crippen molar-refractivity contribution in [3.8, 4) is 0 Å². The van der Waals surface area contributed by atoms with E-state index in [0.29, 0.717) is 12.8 Å². The Kier molecular flexibility index (Phi) is 6.09. The first-order chi connectivity index (χ1) is 9.46. The van der Waals surface area contributed by atoms with Crippen molar-refractivity contribution in [2.24, 2.45) is 0 Å². The first kappa shape index (κ1) is 16.1. The summed E-state index contributed by atoms with van der Waals surface area (Å²) in [6.45, 7) is 1.87. The molecule has 1 atom stereocenters. The summed E-state index contributed by atoms with van der Waals surface area (Å²) in [6, 6.07) is 2.15. The molecule has 1 unspecified atom stereocenters. The largest absolute Gasteiger partial charge is 0.467 e. The van der Waals surface area contributed by atoms with Crippen LogP contribution in [-0.4, -0.2) is 25.0 Å². The highest BCUT2D eigenvalue weighted by Gasteiger charge is 2.20. The molecule has 0 aliphatic carbocycles. The summed E-state index contributed by atoms with van der Waals surface area (Å²) in [6.07, 6.45) is 0.927. The molecule has 0 spiro atoms. The summed E-state index contributed by atoms with van der Waals surface area (Å²) in [5, 5.41) is 2.50. The molecule has 0 fully saturated rings. The number of hydrogen-bond acceptors (Lipinski definition) is 3. The van der Waals surface area contributed by atoms with Gasteiger partial charge in [-0.2, -0.15) is 0 Å². The van der Waals surface area contributed by atoms with E-state index in [2.05, 4.69) is 10.1 Å². The van der Waals surface area contributed by atoms with Gasteiger partial charge in [0.1, 0.15) is 17.7 Å². The molecule has 1 N–H and O–H groups in total. The summed E-state index contributed by atoms with van der Waals surface area (Å²) >= 11 is 0. The lowest BCUT2D eigenvalue weighted by Crippen LogP contribution is -2.42. The molecule has 0 bridgehead atoms. The highest BCUT2D eigenvalue weighted by molar-refractivity contribution is 5.85. The molecule has 110 valence electrons. The van der Waals surface area contributed by atoms with E-state index in [0.717, 1.165) is 18.2 Å². The van der Waals surface area contributed by atoms with Gasteiger partial charge < -0.3 is 10.1 Å². The van der Waals surface area contributed by atoms with Gasteiger partial charge in [-0.25, -0.2) is 13.6 Å². The molecule has 1 aromatic carbocycles. The molecule has 0 radical (unpaired) electrons. The minimum atomic E-state index is -0.745. The second-order valence-corrected chi connectivity index (χ2v) is 4.39. The average Bonchev–Trinajstić information content (AvgIpc) is 2.35. The van der Waals surface area contributed by atoms with E-state index in [1.165, 1.54) is 7.11 Å². The molecule has 0 saturated heterocycles. The molecule has 20 heavy (non-hydrogen) atoms. The normalized spacial score (nSPS) is 11.8. The number of rotatable bonds is 6. The van der Waals surface area contributed by atoms with Crippen LogP contribution in [-0.2, 0) is 20.7 Å². The molecule has 1 rings (SSSR count). The lowest BCUT2D eigenvalue weighted by molar-refractivity contribution is -0.145. The first-order valence-corrected chi connectivity index (χ1v) is 6.28. The highest BCUT2D eigenvalue weighted by atomic mass is 19.1. The molecule has 0 aliphatic heterocycles. The highest BCUT2D eigenvalue weighted by Crippen LogP contribution is 2.09. The van der Waals surface area contributed by atoms with E-state index in [1.54, 1.807) is 0 Å². The van der Waals surface area contributed by atoms with Gasteiger partial charge in [-0.05, 0) is 24.1 Å². The van der Waals surface area contributed by atoms with Crippen LogP contribution in [0.5, 0.6) is 0 Å². The fraction of sp³-hybridized carbons (Fsp3) is 0.429.